The maximum Gasteiger partial charge on any atom is 0.0641 e. The Hall–Kier alpha value is -0.830. The summed E-state index contributed by atoms with van der Waals surface area (Å²) in [4.78, 5) is 0. The molecule has 0 bridgehead atoms. The highest BCUT2D eigenvalue weighted by Gasteiger charge is 2.13. The third-order valence-electron chi connectivity index (χ3n) is 3.21. The zero-order chi connectivity index (χ0) is 12.1. The molecule has 0 aliphatic heterocycles. The lowest BCUT2D eigenvalue weighted by atomic mass is 10.2. The Bertz CT molecular complexity index is 328. The molecule has 1 rings (SSSR count). The van der Waals surface area contributed by atoms with Crippen molar-refractivity contribution in [1.29, 1.82) is 0 Å². The highest BCUT2D eigenvalue weighted by atomic mass is 15.3. The van der Waals surface area contributed by atoms with Crippen LogP contribution in [0.25, 0.3) is 0 Å². The summed E-state index contributed by atoms with van der Waals surface area (Å²) < 4.78 is 2.16. The number of aryl methyl sites for hydroxylation is 1. The minimum absolute atomic E-state index is 0.499. The van der Waals surface area contributed by atoms with Crippen molar-refractivity contribution in [2.75, 3.05) is 6.54 Å². The molecule has 0 aromatic carbocycles. The van der Waals surface area contributed by atoms with E-state index >= 15 is 0 Å². The number of rotatable bonds is 6. The topological polar surface area (TPSA) is 29.9 Å². The smallest absolute Gasteiger partial charge is 0.0641 e. The van der Waals surface area contributed by atoms with Crippen molar-refractivity contribution >= 4 is 0 Å². The van der Waals surface area contributed by atoms with E-state index in [0.717, 1.165) is 19.5 Å². The molecule has 3 heteroatoms. The van der Waals surface area contributed by atoms with Crippen molar-refractivity contribution in [1.82, 2.24) is 15.1 Å². The SMILES string of the molecule is CCCNCc1c(C)nn(C(C)CC)c1C. The third kappa shape index (κ3) is 2.85. The van der Waals surface area contributed by atoms with E-state index in [1.54, 1.807) is 0 Å². The summed E-state index contributed by atoms with van der Waals surface area (Å²) in [5.74, 6) is 0. The molecule has 0 saturated carbocycles. The second kappa shape index (κ2) is 6.04. The molecule has 0 fully saturated rings. The van der Waals surface area contributed by atoms with Crippen LogP contribution in [0.15, 0.2) is 0 Å². The summed E-state index contributed by atoms with van der Waals surface area (Å²) in [6.45, 7) is 12.9. The number of hydrogen-bond acceptors (Lipinski definition) is 2. The van der Waals surface area contributed by atoms with Gasteiger partial charge in [-0.05, 0) is 40.2 Å². The van der Waals surface area contributed by atoms with Crippen LogP contribution in [0.3, 0.4) is 0 Å². The molecule has 0 amide bonds. The first-order valence-corrected chi connectivity index (χ1v) is 6.37. The van der Waals surface area contributed by atoms with Crippen molar-refractivity contribution in [3.8, 4) is 0 Å². The van der Waals surface area contributed by atoms with Crippen LogP contribution >= 0.6 is 0 Å². The van der Waals surface area contributed by atoms with E-state index in [1.165, 1.54) is 23.4 Å². The summed E-state index contributed by atoms with van der Waals surface area (Å²) in [6, 6.07) is 0.499. The van der Waals surface area contributed by atoms with E-state index in [1.807, 2.05) is 0 Å². The highest BCUT2D eigenvalue weighted by molar-refractivity contribution is 5.24. The molecule has 1 aromatic heterocycles. The maximum atomic E-state index is 4.64. The molecule has 0 saturated heterocycles. The average molecular weight is 223 g/mol. The van der Waals surface area contributed by atoms with Gasteiger partial charge in [0.15, 0.2) is 0 Å². The van der Waals surface area contributed by atoms with Crippen LogP contribution in [0.1, 0.15) is 56.6 Å². The average Bonchev–Trinajstić information content (AvgIpc) is 2.56. The molecule has 0 aliphatic carbocycles. The second-order valence-corrected chi connectivity index (χ2v) is 4.53. The molecule has 0 aliphatic rings. The Morgan fingerprint density at radius 1 is 1.31 bits per heavy atom. The molecule has 1 unspecified atom stereocenters. The Morgan fingerprint density at radius 2 is 2.00 bits per heavy atom. The third-order valence-corrected chi connectivity index (χ3v) is 3.21. The van der Waals surface area contributed by atoms with Gasteiger partial charge in [0.05, 0.1) is 5.69 Å². The largest absolute Gasteiger partial charge is 0.313 e. The standard InChI is InChI=1S/C13H25N3/c1-6-8-14-9-13-11(4)15-16(12(13)5)10(3)7-2/h10,14H,6-9H2,1-5H3. The predicted molar refractivity (Wildman–Crippen MR) is 68.7 cm³/mol. The summed E-state index contributed by atoms with van der Waals surface area (Å²) in [5.41, 5.74) is 3.85. The molecule has 92 valence electrons. The van der Waals surface area contributed by atoms with Crippen molar-refractivity contribution < 1.29 is 0 Å². The van der Waals surface area contributed by atoms with Crippen molar-refractivity contribution in [3.05, 3.63) is 17.0 Å². The lowest BCUT2D eigenvalue weighted by Crippen LogP contribution is -2.15. The monoisotopic (exact) mass is 223 g/mol. The van der Waals surface area contributed by atoms with Gasteiger partial charge in [-0.3, -0.25) is 4.68 Å². The molecule has 1 aromatic rings. The first-order chi connectivity index (χ1) is 7.61. The first-order valence-electron chi connectivity index (χ1n) is 6.37. The summed E-state index contributed by atoms with van der Waals surface area (Å²) >= 11 is 0. The second-order valence-electron chi connectivity index (χ2n) is 4.53. The summed E-state index contributed by atoms with van der Waals surface area (Å²) in [6.07, 6.45) is 2.31. The van der Waals surface area contributed by atoms with Crippen LogP contribution in [0.4, 0.5) is 0 Å². The number of nitrogens with zero attached hydrogens (tertiary/aromatic N) is 2. The van der Waals surface area contributed by atoms with Crippen LogP contribution in [0.2, 0.25) is 0 Å². The predicted octanol–water partition coefficient (Wildman–Crippen LogP) is 2.97. The van der Waals surface area contributed by atoms with Gasteiger partial charge in [0.2, 0.25) is 0 Å². The molecular weight excluding hydrogens is 198 g/mol. The van der Waals surface area contributed by atoms with E-state index in [2.05, 4.69) is 49.7 Å². The minimum Gasteiger partial charge on any atom is -0.313 e. The van der Waals surface area contributed by atoms with Gasteiger partial charge in [-0.1, -0.05) is 13.8 Å². The fourth-order valence-corrected chi connectivity index (χ4v) is 1.95. The fraction of sp³-hybridized carbons (Fsp3) is 0.769. The fourth-order valence-electron chi connectivity index (χ4n) is 1.95. The lowest BCUT2D eigenvalue weighted by molar-refractivity contribution is 0.464. The molecule has 0 radical (unpaired) electrons. The van der Waals surface area contributed by atoms with Crippen LogP contribution in [0, 0.1) is 13.8 Å². The molecule has 0 spiro atoms. The maximum absolute atomic E-state index is 4.64. The zero-order valence-corrected chi connectivity index (χ0v) is 11.3. The van der Waals surface area contributed by atoms with Crippen LogP contribution in [-0.2, 0) is 6.54 Å². The molecular formula is C13H25N3. The Morgan fingerprint density at radius 3 is 2.56 bits per heavy atom. The quantitative estimate of drug-likeness (QED) is 0.751. The summed E-state index contributed by atoms with van der Waals surface area (Å²) in [7, 11) is 0. The van der Waals surface area contributed by atoms with Gasteiger partial charge in [0.1, 0.15) is 0 Å². The normalized spacial score (nSPS) is 13.1. The highest BCUT2D eigenvalue weighted by Crippen LogP contribution is 2.18. The van der Waals surface area contributed by atoms with E-state index in [9.17, 15) is 0 Å². The van der Waals surface area contributed by atoms with E-state index in [0.29, 0.717) is 6.04 Å². The minimum atomic E-state index is 0.499. The van der Waals surface area contributed by atoms with Gasteiger partial charge in [-0.25, -0.2) is 0 Å². The van der Waals surface area contributed by atoms with Crippen molar-refractivity contribution in [2.24, 2.45) is 0 Å². The number of aromatic nitrogens is 2. The Labute approximate surface area is 99.2 Å². The molecule has 1 N–H and O–H groups in total. The van der Waals surface area contributed by atoms with E-state index in [-0.39, 0.29) is 0 Å². The number of nitrogens with one attached hydrogen (secondary N) is 1. The van der Waals surface area contributed by atoms with Crippen molar-refractivity contribution in [3.63, 3.8) is 0 Å². The zero-order valence-electron chi connectivity index (χ0n) is 11.3. The molecule has 3 nitrogen and oxygen atoms in total. The molecule has 1 atom stereocenters. The Kier molecular flexibility index (Phi) is 5.00. The van der Waals surface area contributed by atoms with E-state index < -0.39 is 0 Å². The van der Waals surface area contributed by atoms with Gasteiger partial charge in [-0.2, -0.15) is 5.10 Å². The van der Waals surface area contributed by atoms with Crippen molar-refractivity contribution in [2.45, 2.75) is 60.0 Å². The Balaban J connectivity index is 2.80. The first kappa shape index (κ1) is 13.2. The van der Waals surface area contributed by atoms with Gasteiger partial charge in [0.25, 0.3) is 0 Å². The van der Waals surface area contributed by atoms with Gasteiger partial charge in [0, 0.05) is 23.8 Å². The van der Waals surface area contributed by atoms with E-state index in [4.69, 9.17) is 0 Å². The summed E-state index contributed by atoms with van der Waals surface area (Å²) in [5, 5.41) is 8.09. The molecule has 1 heterocycles. The number of hydrogen-bond donors (Lipinski definition) is 1. The van der Waals surface area contributed by atoms with Gasteiger partial charge in [-0.15, -0.1) is 0 Å². The molecule has 16 heavy (non-hydrogen) atoms. The van der Waals surface area contributed by atoms with Gasteiger partial charge < -0.3 is 5.32 Å². The van der Waals surface area contributed by atoms with Gasteiger partial charge >= 0.3 is 0 Å². The van der Waals surface area contributed by atoms with Crippen LogP contribution in [0.5, 0.6) is 0 Å². The lowest BCUT2D eigenvalue weighted by Gasteiger charge is -2.12. The van der Waals surface area contributed by atoms with Crippen LogP contribution < -0.4 is 5.32 Å². The van der Waals surface area contributed by atoms with Crippen LogP contribution in [-0.4, -0.2) is 16.3 Å².